The Labute approximate surface area is 93.0 Å². The minimum absolute atomic E-state index is 0.151. The van der Waals surface area contributed by atoms with Crippen molar-refractivity contribution in [3.05, 3.63) is 24.3 Å². The maximum absolute atomic E-state index is 10.9. The maximum Gasteiger partial charge on any atom is 0.531 e. The van der Waals surface area contributed by atoms with Crippen LogP contribution in [0.5, 0.6) is 11.5 Å². The molecule has 0 N–H and O–H groups in total. The van der Waals surface area contributed by atoms with E-state index in [1.807, 2.05) is 24.3 Å². The van der Waals surface area contributed by atoms with Crippen LogP contribution in [0.3, 0.4) is 0 Å². The average Bonchev–Trinajstić information content (AvgIpc) is 2.84. The van der Waals surface area contributed by atoms with Crippen molar-refractivity contribution in [2.75, 3.05) is 0 Å². The molecule has 0 spiro atoms. The van der Waals surface area contributed by atoms with Crippen LogP contribution in [0.2, 0.25) is 0 Å². The van der Waals surface area contributed by atoms with Gasteiger partial charge >= 0.3 is 8.60 Å². The molecule has 0 unspecified atom stereocenters. The molecule has 2 heterocycles. The van der Waals surface area contributed by atoms with Crippen LogP contribution in [0.1, 0.15) is 12.8 Å². The van der Waals surface area contributed by atoms with Crippen LogP contribution in [0.25, 0.3) is 0 Å². The van der Waals surface area contributed by atoms with Crippen molar-refractivity contribution in [3.8, 4) is 11.5 Å². The van der Waals surface area contributed by atoms with Crippen LogP contribution in [0, 0.1) is 0 Å². The largest absolute Gasteiger partial charge is 0.531 e. The predicted molar refractivity (Wildman–Crippen MR) is 57.4 cm³/mol. The van der Waals surface area contributed by atoms with Crippen molar-refractivity contribution in [1.29, 1.82) is 0 Å². The molecule has 0 fully saturated rings. The number of fused-ring (bicyclic) bond motifs is 1. The molecule has 3 rings (SSSR count). The highest BCUT2D eigenvalue weighted by atomic mass is 31.2. The van der Waals surface area contributed by atoms with Crippen molar-refractivity contribution in [3.63, 3.8) is 0 Å². The Kier molecular flexibility index (Phi) is 2.26. The molecule has 1 aromatic rings. The monoisotopic (exact) mass is 237 g/mol. The van der Waals surface area contributed by atoms with E-state index in [4.69, 9.17) is 13.6 Å². The molecule has 0 aliphatic carbocycles. The Morgan fingerprint density at radius 2 is 1.88 bits per heavy atom. The van der Waals surface area contributed by atoms with E-state index in [1.165, 1.54) is 0 Å². The van der Waals surface area contributed by atoms with Crippen LogP contribution in [0.4, 0.5) is 0 Å². The van der Waals surface area contributed by atoms with E-state index in [2.05, 4.69) is 4.99 Å². The van der Waals surface area contributed by atoms with Crippen LogP contribution < -0.4 is 9.05 Å². The van der Waals surface area contributed by atoms with E-state index < -0.39 is 8.60 Å². The number of rotatable bonds is 1. The lowest BCUT2D eigenvalue weighted by Gasteiger charge is -2.07. The molecule has 5 nitrogen and oxygen atoms in total. The third kappa shape index (κ3) is 1.74. The van der Waals surface area contributed by atoms with Crippen LogP contribution in [0.15, 0.2) is 29.3 Å². The fourth-order valence-corrected chi connectivity index (χ4v) is 2.47. The van der Waals surface area contributed by atoms with Gasteiger partial charge < -0.3 is 13.6 Å². The molecule has 0 aromatic heterocycles. The summed E-state index contributed by atoms with van der Waals surface area (Å²) in [6, 6.07) is 7.33. The van der Waals surface area contributed by atoms with Gasteiger partial charge in [0.2, 0.25) is 11.8 Å². The number of carbonyl (C=O) groups excluding carboxylic acids is 1. The molecule has 2 aliphatic heterocycles. The number of hydrogen-bond donors (Lipinski definition) is 0. The summed E-state index contributed by atoms with van der Waals surface area (Å²) >= 11 is 0. The maximum atomic E-state index is 10.9. The van der Waals surface area contributed by atoms with Crippen LogP contribution >= 0.6 is 8.60 Å². The van der Waals surface area contributed by atoms with E-state index in [1.54, 1.807) is 0 Å². The molecule has 1 amide bonds. The van der Waals surface area contributed by atoms with Crippen LogP contribution in [-0.2, 0) is 9.32 Å². The van der Waals surface area contributed by atoms with E-state index in [-0.39, 0.29) is 5.91 Å². The summed E-state index contributed by atoms with van der Waals surface area (Å²) in [7, 11) is -1.49. The van der Waals surface area contributed by atoms with Crippen molar-refractivity contribution in [2.45, 2.75) is 12.8 Å². The normalized spacial score (nSPS) is 18.8. The second kappa shape index (κ2) is 3.76. The van der Waals surface area contributed by atoms with Crippen molar-refractivity contribution >= 4 is 20.4 Å². The first kappa shape index (κ1) is 9.60. The molecule has 16 heavy (non-hydrogen) atoms. The van der Waals surface area contributed by atoms with Gasteiger partial charge in [-0.15, -0.1) is 0 Å². The number of para-hydroxylation sites is 2. The lowest BCUT2D eigenvalue weighted by atomic mass is 10.3. The predicted octanol–water partition coefficient (Wildman–Crippen LogP) is 2.42. The SMILES string of the molecule is O=C1CCC(OP2Oc3ccccc3O2)=N1. The van der Waals surface area contributed by atoms with Gasteiger partial charge in [-0.3, -0.25) is 4.79 Å². The van der Waals surface area contributed by atoms with Crippen LogP contribution in [-0.4, -0.2) is 11.8 Å². The second-order valence-electron chi connectivity index (χ2n) is 3.34. The van der Waals surface area contributed by atoms with Gasteiger partial charge in [-0.2, -0.15) is 4.99 Å². The zero-order valence-electron chi connectivity index (χ0n) is 8.25. The third-order valence-corrected chi connectivity index (χ3v) is 3.23. The Balaban J connectivity index is 1.68. The quantitative estimate of drug-likeness (QED) is 0.704. The molecule has 0 saturated carbocycles. The summed E-state index contributed by atoms with van der Waals surface area (Å²) in [5.41, 5.74) is 0. The first-order chi connectivity index (χ1) is 7.81. The van der Waals surface area contributed by atoms with Gasteiger partial charge in [0.15, 0.2) is 11.5 Å². The minimum atomic E-state index is -1.49. The van der Waals surface area contributed by atoms with E-state index in [9.17, 15) is 4.79 Å². The van der Waals surface area contributed by atoms with Gasteiger partial charge in [-0.1, -0.05) is 12.1 Å². The molecule has 2 aliphatic rings. The summed E-state index contributed by atoms with van der Waals surface area (Å²) < 4.78 is 16.2. The fourth-order valence-electron chi connectivity index (χ4n) is 1.43. The number of nitrogens with zero attached hydrogens (tertiary/aromatic N) is 1. The Bertz CT molecular complexity index is 449. The molecule has 0 atom stereocenters. The summed E-state index contributed by atoms with van der Waals surface area (Å²) in [4.78, 5) is 14.6. The molecule has 0 radical (unpaired) electrons. The van der Waals surface area contributed by atoms with E-state index in [0.717, 1.165) is 0 Å². The summed E-state index contributed by atoms with van der Waals surface area (Å²) in [5, 5.41) is 0. The lowest BCUT2D eigenvalue weighted by molar-refractivity contribution is -0.117. The molecule has 0 bridgehead atoms. The zero-order valence-corrected chi connectivity index (χ0v) is 9.15. The summed E-state index contributed by atoms with van der Waals surface area (Å²) in [5.74, 6) is 1.59. The number of aliphatic imine (C=N–C) groups is 1. The third-order valence-electron chi connectivity index (χ3n) is 2.18. The Morgan fingerprint density at radius 1 is 1.19 bits per heavy atom. The van der Waals surface area contributed by atoms with Crippen molar-refractivity contribution < 1.29 is 18.4 Å². The number of benzene rings is 1. The molecular weight excluding hydrogens is 229 g/mol. The van der Waals surface area contributed by atoms with Gasteiger partial charge in [-0.25, -0.2) is 0 Å². The van der Waals surface area contributed by atoms with Gasteiger partial charge in [-0.05, 0) is 12.1 Å². The molecule has 6 heteroatoms. The van der Waals surface area contributed by atoms with Gasteiger partial charge in [0, 0.05) is 12.8 Å². The lowest BCUT2D eigenvalue weighted by Crippen LogP contribution is -2.00. The fraction of sp³-hybridized carbons (Fsp3) is 0.200. The Morgan fingerprint density at radius 3 is 2.44 bits per heavy atom. The standard InChI is InChI=1S/C10H8NO4P/c12-9-5-6-10(11-9)15-16-13-7-3-1-2-4-8(7)14-16/h1-4H,5-6H2. The van der Waals surface area contributed by atoms with Gasteiger partial charge in [0.25, 0.3) is 0 Å². The average molecular weight is 237 g/mol. The minimum Gasteiger partial charge on any atom is -0.404 e. The second-order valence-corrected chi connectivity index (χ2v) is 4.34. The summed E-state index contributed by atoms with van der Waals surface area (Å²) in [6.45, 7) is 0. The van der Waals surface area contributed by atoms with Crippen molar-refractivity contribution in [2.24, 2.45) is 4.99 Å². The highest BCUT2D eigenvalue weighted by Gasteiger charge is 2.31. The molecular formula is C10H8NO4P. The van der Waals surface area contributed by atoms with Crippen molar-refractivity contribution in [1.82, 2.24) is 0 Å². The smallest absolute Gasteiger partial charge is 0.404 e. The highest BCUT2D eigenvalue weighted by Crippen LogP contribution is 2.52. The van der Waals surface area contributed by atoms with Gasteiger partial charge in [0.1, 0.15) is 0 Å². The van der Waals surface area contributed by atoms with E-state index in [0.29, 0.717) is 30.2 Å². The van der Waals surface area contributed by atoms with Gasteiger partial charge in [0.05, 0.1) is 0 Å². The number of hydrogen-bond acceptors (Lipinski definition) is 4. The first-order valence-electron chi connectivity index (χ1n) is 4.85. The highest BCUT2D eigenvalue weighted by molar-refractivity contribution is 7.43. The number of amides is 1. The molecule has 0 saturated heterocycles. The summed E-state index contributed by atoms with van der Waals surface area (Å²) in [6.07, 6.45) is 0.937. The zero-order chi connectivity index (χ0) is 11.0. The number of carbonyl (C=O) groups is 1. The topological polar surface area (TPSA) is 57.1 Å². The van der Waals surface area contributed by atoms with E-state index >= 15 is 0 Å². The molecule has 82 valence electrons. The molecule has 1 aromatic carbocycles. The Hall–Kier alpha value is -1.61. The first-order valence-corrected chi connectivity index (χ1v) is 5.94.